The summed E-state index contributed by atoms with van der Waals surface area (Å²) in [6, 6.07) is 8.58. The topological polar surface area (TPSA) is 24.1 Å². The Morgan fingerprint density at radius 3 is 2.46 bits per heavy atom. The van der Waals surface area contributed by atoms with E-state index in [1.165, 1.54) is 10.5 Å². The second kappa shape index (κ2) is 6.02. The molecule has 13 heavy (non-hydrogen) atoms. The van der Waals surface area contributed by atoms with Crippen molar-refractivity contribution in [2.24, 2.45) is 0 Å². The van der Waals surface area contributed by atoms with Crippen molar-refractivity contribution in [3.8, 4) is 0 Å². The summed E-state index contributed by atoms with van der Waals surface area (Å²) in [5.41, 5.74) is 1.32. The van der Waals surface area contributed by atoms with Gasteiger partial charge in [-0.15, -0.1) is 0 Å². The van der Waals surface area contributed by atoms with E-state index < -0.39 is 0 Å². The lowest BCUT2D eigenvalue weighted by atomic mass is 10.2. The van der Waals surface area contributed by atoms with Gasteiger partial charge in [-0.2, -0.15) is 0 Å². The normalized spacial score (nSPS) is 10.3. The summed E-state index contributed by atoms with van der Waals surface area (Å²) in [6.07, 6.45) is 0. The lowest BCUT2D eigenvalue weighted by molar-refractivity contribution is 0.817. The maximum atomic E-state index is 3.22. The number of nitrogens with one attached hydrogen (secondary N) is 2. The molecule has 0 unspecified atom stereocenters. The van der Waals surface area contributed by atoms with E-state index in [-0.39, 0.29) is 0 Å². The monoisotopic (exact) mass is 196 g/mol. The van der Waals surface area contributed by atoms with Gasteiger partial charge in [-0.05, 0) is 36.7 Å². The molecule has 1 rings (SSSR count). The van der Waals surface area contributed by atoms with E-state index in [9.17, 15) is 0 Å². The van der Waals surface area contributed by atoms with Gasteiger partial charge in [0.1, 0.15) is 0 Å². The van der Waals surface area contributed by atoms with Crippen LogP contribution in [-0.4, -0.2) is 13.6 Å². The van der Waals surface area contributed by atoms with Crippen LogP contribution in [0.5, 0.6) is 0 Å². The van der Waals surface area contributed by atoms with Crippen LogP contribution in [0.15, 0.2) is 29.2 Å². The minimum atomic E-state index is 0.937. The summed E-state index contributed by atoms with van der Waals surface area (Å²) in [6.45, 7) is 4.03. The summed E-state index contributed by atoms with van der Waals surface area (Å²) in [7, 11) is 1.96. The van der Waals surface area contributed by atoms with Crippen LogP contribution in [0, 0.1) is 0 Å². The lowest BCUT2D eigenvalue weighted by Gasteiger charge is -2.03. The van der Waals surface area contributed by atoms with Crippen molar-refractivity contribution in [1.82, 2.24) is 10.0 Å². The third-order valence-corrected chi connectivity index (χ3v) is 2.58. The molecular weight excluding hydrogens is 180 g/mol. The zero-order valence-electron chi connectivity index (χ0n) is 8.13. The van der Waals surface area contributed by atoms with Crippen molar-refractivity contribution in [3.63, 3.8) is 0 Å². The zero-order chi connectivity index (χ0) is 9.52. The van der Waals surface area contributed by atoms with Crippen molar-refractivity contribution < 1.29 is 0 Å². The van der Waals surface area contributed by atoms with E-state index in [0.717, 1.165) is 13.1 Å². The molecule has 2 N–H and O–H groups in total. The molecule has 0 saturated heterocycles. The fourth-order valence-corrected chi connectivity index (χ4v) is 1.62. The van der Waals surface area contributed by atoms with Crippen LogP contribution < -0.4 is 10.0 Å². The first-order valence-corrected chi connectivity index (χ1v) is 5.31. The molecule has 0 radical (unpaired) electrons. The molecule has 0 saturated carbocycles. The van der Waals surface area contributed by atoms with Gasteiger partial charge in [0, 0.05) is 18.0 Å². The summed E-state index contributed by atoms with van der Waals surface area (Å²) >= 11 is 1.68. The molecule has 0 aliphatic rings. The highest BCUT2D eigenvalue weighted by Gasteiger charge is 1.93. The minimum Gasteiger partial charge on any atom is -0.316 e. The van der Waals surface area contributed by atoms with Crippen LogP contribution in [0.25, 0.3) is 0 Å². The van der Waals surface area contributed by atoms with Crippen LogP contribution >= 0.6 is 11.9 Å². The van der Waals surface area contributed by atoms with Gasteiger partial charge in [0.15, 0.2) is 0 Å². The van der Waals surface area contributed by atoms with Crippen molar-refractivity contribution in [2.45, 2.75) is 18.4 Å². The third kappa shape index (κ3) is 3.81. The standard InChI is InChI=1S/C10H16N2S/c1-3-12-13-10-6-4-9(5-7-10)8-11-2/h4-7,11-12H,3,8H2,1-2H3. The Morgan fingerprint density at radius 1 is 1.23 bits per heavy atom. The summed E-state index contributed by atoms with van der Waals surface area (Å²) in [4.78, 5) is 1.27. The molecule has 0 aromatic heterocycles. The van der Waals surface area contributed by atoms with Crippen molar-refractivity contribution >= 4 is 11.9 Å². The van der Waals surface area contributed by atoms with Crippen molar-refractivity contribution in [2.75, 3.05) is 13.6 Å². The maximum absolute atomic E-state index is 3.22. The van der Waals surface area contributed by atoms with E-state index in [4.69, 9.17) is 0 Å². The molecule has 0 amide bonds. The van der Waals surface area contributed by atoms with Gasteiger partial charge < -0.3 is 5.32 Å². The molecule has 0 heterocycles. The average Bonchev–Trinajstić information content (AvgIpc) is 2.17. The van der Waals surface area contributed by atoms with E-state index >= 15 is 0 Å². The Labute approximate surface area is 84.2 Å². The number of rotatable bonds is 5. The molecule has 0 aliphatic heterocycles. The molecule has 0 bridgehead atoms. The molecule has 1 aromatic rings. The first-order chi connectivity index (χ1) is 6.36. The summed E-state index contributed by atoms with van der Waals surface area (Å²) in [5.74, 6) is 0. The molecular formula is C10H16N2S. The smallest absolute Gasteiger partial charge is 0.0228 e. The minimum absolute atomic E-state index is 0.937. The largest absolute Gasteiger partial charge is 0.316 e. The predicted molar refractivity (Wildman–Crippen MR) is 58.7 cm³/mol. The Morgan fingerprint density at radius 2 is 1.92 bits per heavy atom. The molecule has 0 atom stereocenters. The number of benzene rings is 1. The first kappa shape index (κ1) is 10.6. The van der Waals surface area contributed by atoms with Crippen LogP contribution in [0.1, 0.15) is 12.5 Å². The maximum Gasteiger partial charge on any atom is 0.0228 e. The van der Waals surface area contributed by atoms with Crippen LogP contribution in [0.3, 0.4) is 0 Å². The van der Waals surface area contributed by atoms with Crippen LogP contribution in [0.4, 0.5) is 0 Å². The fourth-order valence-electron chi connectivity index (χ4n) is 1.03. The highest BCUT2D eigenvalue weighted by Crippen LogP contribution is 2.14. The predicted octanol–water partition coefficient (Wildman–Crippen LogP) is 2.02. The zero-order valence-corrected chi connectivity index (χ0v) is 8.95. The van der Waals surface area contributed by atoms with Gasteiger partial charge in [0.05, 0.1) is 0 Å². The lowest BCUT2D eigenvalue weighted by Crippen LogP contribution is -2.04. The molecule has 0 fully saturated rings. The Bertz CT molecular complexity index is 233. The van der Waals surface area contributed by atoms with Crippen LogP contribution in [-0.2, 0) is 6.54 Å². The molecule has 1 aromatic carbocycles. The van der Waals surface area contributed by atoms with Gasteiger partial charge in [0.25, 0.3) is 0 Å². The molecule has 3 heteroatoms. The van der Waals surface area contributed by atoms with E-state index in [2.05, 4.69) is 41.2 Å². The fraction of sp³-hybridized carbons (Fsp3) is 0.400. The Balaban J connectivity index is 2.48. The van der Waals surface area contributed by atoms with Gasteiger partial charge >= 0.3 is 0 Å². The average molecular weight is 196 g/mol. The van der Waals surface area contributed by atoms with Gasteiger partial charge in [-0.1, -0.05) is 19.1 Å². The number of hydrogen-bond acceptors (Lipinski definition) is 3. The van der Waals surface area contributed by atoms with E-state index in [0.29, 0.717) is 0 Å². The number of hydrogen-bond donors (Lipinski definition) is 2. The molecule has 72 valence electrons. The first-order valence-electron chi connectivity index (χ1n) is 4.50. The molecule has 0 spiro atoms. The third-order valence-electron chi connectivity index (χ3n) is 1.64. The highest BCUT2D eigenvalue weighted by molar-refractivity contribution is 7.97. The molecule has 0 aliphatic carbocycles. The van der Waals surface area contributed by atoms with E-state index in [1.54, 1.807) is 11.9 Å². The van der Waals surface area contributed by atoms with Gasteiger partial charge in [-0.3, -0.25) is 4.72 Å². The Hall–Kier alpha value is -0.510. The van der Waals surface area contributed by atoms with E-state index in [1.807, 2.05) is 7.05 Å². The SMILES string of the molecule is CCNSc1ccc(CNC)cc1. The van der Waals surface area contributed by atoms with Gasteiger partial charge in [0.2, 0.25) is 0 Å². The second-order valence-corrected chi connectivity index (χ2v) is 3.74. The highest BCUT2D eigenvalue weighted by atomic mass is 32.2. The van der Waals surface area contributed by atoms with Crippen molar-refractivity contribution in [3.05, 3.63) is 29.8 Å². The Kier molecular flexibility index (Phi) is 4.90. The summed E-state index contributed by atoms with van der Waals surface area (Å²) in [5, 5.41) is 3.12. The quantitative estimate of drug-likeness (QED) is 0.705. The van der Waals surface area contributed by atoms with Crippen molar-refractivity contribution in [1.29, 1.82) is 0 Å². The molecule has 2 nitrogen and oxygen atoms in total. The van der Waals surface area contributed by atoms with Gasteiger partial charge in [-0.25, -0.2) is 0 Å². The second-order valence-electron chi connectivity index (χ2n) is 2.77. The van der Waals surface area contributed by atoms with Crippen LogP contribution in [0.2, 0.25) is 0 Å². The summed E-state index contributed by atoms with van der Waals surface area (Å²) < 4.78 is 3.22.